The van der Waals surface area contributed by atoms with Crippen molar-refractivity contribution in [3.8, 4) is 0 Å². The van der Waals surface area contributed by atoms with Gasteiger partial charge in [-0.05, 0) is 104 Å². The highest BCUT2D eigenvalue weighted by atomic mass is 16.5. The quantitative estimate of drug-likeness (QED) is 0.238. The minimum atomic E-state index is -1.25. The van der Waals surface area contributed by atoms with Gasteiger partial charge in [-0.25, -0.2) is 0 Å². The first kappa shape index (κ1) is 31.6. The Bertz CT molecular complexity index is 1400. The molecule has 0 radical (unpaired) electrons. The molecule has 232 valence electrons. The predicted octanol–water partition coefficient (Wildman–Crippen LogP) is 8.28. The third-order valence-electron chi connectivity index (χ3n) is 12.6. The molecule has 0 N–H and O–H groups in total. The number of ether oxygens (including phenoxy) is 2. The number of methoxy groups -OCH3 is 1. The lowest BCUT2D eigenvalue weighted by Gasteiger charge is -2.60. The number of carbonyl (C=O) groups excluding carboxylic acids is 3. The summed E-state index contributed by atoms with van der Waals surface area (Å²) in [5.41, 5.74) is 2.23. The predicted molar refractivity (Wildman–Crippen MR) is 169 cm³/mol. The second-order valence-corrected chi connectivity index (χ2v) is 15.6. The number of allylic oxidation sites excluding steroid dienone is 4. The fraction of sp³-hybridized carbons (Fsp3) is 0.605. The Hall–Kier alpha value is -2.79. The van der Waals surface area contributed by atoms with Crippen LogP contribution in [-0.4, -0.2) is 30.2 Å². The minimum Gasteiger partial charge on any atom is -0.460 e. The Morgan fingerprint density at radius 2 is 1.44 bits per heavy atom. The van der Waals surface area contributed by atoms with E-state index in [2.05, 4.69) is 47.6 Å². The summed E-state index contributed by atoms with van der Waals surface area (Å²) in [7, 11) is 1.52. The van der Waals surface area contributed by atoms with E-state index in [4.69, 9.17) is 9.47 Å². The molecule has 4 aliphatic rings. The van der Waals surface area contributed by atoms with Crippen molar-refractivity contribution in [2.75, 3.05) is 7.11 Å². The Morgan fingerprint density at radius 3 is 2.07 bits per heavy atom. The van der Waals surface area contributed by atoms with Crippen molar-refractivity contribution < 1.29 is 23.9 Å². The Labute approximate surface area is 258 Å². The highest BCUT2D eigenvalue weighted by Crippen LogP contribution is 2.67. The van der Waals surface area contributed by atoms with Gasteiger partial charge in [-0.3, -0.25) is 14.4 Å². The molecule has 5 heteroatoms. The monoisotopic (exact) mass is 586 g/mol. The molecule has 0 saturated heterocycles. The van der Waals surface area contributed by atoms with E-state index in [1.807, 2.05) is 36.4 Å². The highest BCUT2D eigenvalue weighted by Gasteiger charge is 2.59. The summed E-state index contributed by atoms with van der Waals surface area (Å²) >= 11 is 0. The topological polar surface area (TPSA) is 69.7 Å². The van der Waals surface area contributed by atoms with Gasteiger partial charge in [-0.2, -0.15) is 0 Å². The van der Waals surface area contributed by atoms with Crippen molar-refractivity contribution in [2.45, 2.75) is 112 Å². The number of fused-ring (bicyclic) bond motifs is 3. The van der Waals surface area contributed by atoms with E-state index < -0.39 is 22.6 Å². The van der Waals surface area contributed by atoms with Gasteiger partial charge in [-0.15, -0.1) is 0 Å². The molecule has 2 fully saturated rings. The molecule has 1 aromatic carbocycles. The van der Waals surface area contributed by atoms with Crippen LogP contribution in [0.3, 0.4) is 0 Å². The number of Topliss-reactive ketones (excluding diaryl/α,β-unsaturated/α-hetero) is 1. The molecule has 0 bridgehead atoms. The van der Waals surface area contributed by atoms with E-state index in [0.717, 1.165) is 68.1 Å². The van der Waals surface area contributed by atoms with Crippen LogP contribution < -0.4 is 0 Å². The molecule has 4 aliphatic carbocycles. The third kappa shape index (κ3) is 5.10. The number of benzene rings is 1. The Balaban J connectivity index is 1.34. The zero-order valence-electron chi connectivity index (χ0n) is 27.5. The maximum atomic E-state index is 13.2. The number of ketones is 2. The molecular formula is C38H50O5. The summed E-state index contributed by atoms with van der Waals surface area (Å²) in [6, 6.07) is 9.88. The maximum absolute atomic E-state index is 13.2. The van der Waals surface area contributed by atoms with Crippen molar-refractivity contribution in [2.24, 2.45) is 27.1 Å². The van der Waals surface area contributed by atoms with E-state index in [9.17, 15) is 14.4 Å². The van der Waals surface area contributed by atoms with Gasteiger partial charge in [0.15, 0.2) is 5.60 Å². The van der Waals surface area contributed by atoms with Crippen LogP contribution in [0.15, 0.2) is 65.3 Å². The van der Waals surface area contributed by atoms with Crippen LogP contribution >= 0.6 is 0 Å². The zero-order valence-corrected chi connectivity index (χ0v) is 27.5. The normalized spacial score (nSPS) is 37.0. The molecule has 0 amide bonds. The molecule has 0 aliphatic heterocycles. The van der Waals surface area contributed by atoms with Gasteiger partial charge in [0, 0.05) is 12.5 Å². The van der Waals surface area contributed by atoms with Gasteiger partial charge in [0.25, 0.3) is 0 Å². The minimum absolute atomic E-state index is 0.0596. The fourth-order valence-corrected chi connectivity index (χ4v) is 8.34. The Morgan fingerprint density at radius 1 is 0.791 bits per heavy atom. The van der Waals surface area contributed by atoms with Crippen molar-refractivity contribution >= 4 is 17.5 Å². The number of rotatable bonds is 7. The average Bonchev–Trinajstić information content (AvgIpc) is 2.99. The van der Waals surface area contributed by atoms with Gasteiger partial charge >= 0.3 is 5.97 Å². The van der Waals surface area contributed by atoms with Crippen LogP contribution in [0.5, 0.6) is 0 Å². The standard InChI is InChI=1S/C38H50O5/c1-33(2)16-22-36(5)28-24-29(39)31(40)38(7,42-8)27(28)14-15-30(36)37(33,6)23-19-34(3)17-20-35(4,21-18-34)32(41)43-25-26-12-10-9-11-13-26/h9-15,24H,16-23,25H2,1-8H3/t34-,35+,36-,37+,38-/m0/s1. The largest absolute Gasteiger partial charge is 0.460 e. The second kappa shape index (κ2) is 10.7. The summed E-state index contributed by atoms with van der Waals surface area (Å²) in [6.07, 6.45) is 13.6. The highest BCUT2D eigenvalue weighted by molar-refractivity contribution is 6.46. The van der Waals surface area contributed by atoms with Crippen LogP contribution in [0, 0.1) is 27.1 Å². The van der Waals surface area contributed by atoms with Gasteiger partial charge in [0.05, 0.1) is 5.41 Å². The van der Waals surface area contributed by atoms with E-state index in [-0.39, 0.29) is 27.6 Å². The van der Waals surface area contributed by atoms with Gasteiger partial charge in [0.2, 0.25) is 11.6 Å². The van der Waals surface area contributed by atoms with Crippen LogP contribution in [0.25, 0.3) is 0 Å². The summed E-state index contributed by atoms with van der Waals surface area (Å²) in [4.78, 5) is 39.0. The van der Waals surface area contributed by atoms with Crippen LogP contribution in [-0.2, 0) is 30.5 Å². The molecule has 43 heavy (non-hydrogen) atoms. The van der Waals surface area contributed by atoms with Crippen LogP contribution in [0.1, 0.15) is 105 Å². The molecule has 0 unspecified atom stereocenters. The lowest BCUT2D eigenvalue weighted by molar-refractivity contribution is -0.160. The van der Waals surface area contributed by atoms with Gasteiger partial charge < -0.3 is 9.47 Å². The van der Waals surface area contributed by atoms with E-state index >= 15 is 0 Å². The van der Waals surface area contributed by atoms with Crippen molar-refractivity contribution in [3.63, 3.8) is 0 Å². The molecule has 3 atom stereocenters. The smallest absolute Gasteiger partial charge is 0.312 e. The zero-order chi connectivity index (χ0) is 31.5. The number of carbonyl (C=O) groups is 3. The molecule has 0 spiro atoms. The number of hydrogen-bond acceptors (Lipinski definition) is 5. The van der Waals surface area contributed by atoms with E-state index in [1.54, 1.807) is 13.0 Å². The first-order valence-corrected chi connectivity index (χ1v) is 16.0. The number of hydrogen-bond donors (Lipinski definition) is 0. The fourth-order valence-electron chi connectivity index (χ4n) is 8.34. The van der Waals surface area contributed by atoms with Crippen molar-refractivity contribution in [3.05, 3.63) is 70.8 Å². The molecule has 2 saturated carbocycles. The van der Waals surface area contributed by atoms with E-state index in [0.29, 0.717) is 6.61 Å². The first-order chi connectivity index (χ1) is 20.0. The lowest BCUT2D eigenvalue weighted by Crippen LogP contribution is -2.54. The second-order valence-electron chi connectivity index (χ2n) is 15.6. The van der Waals surface area contributed by atoms with Crippen LogP contribution in [0.2, 0.25) is 0 Å². The van der Waals surface area contributed by atoms with Crippen molar-refractivity contribution in [1.29, 1.82) is 0 Å². The molecule has 0 heterocycles. The molecule has 1 aromatic rings. The van der Waals surface area contributed by atoms with Crippen molar-refractivity contribution in [1.82, 2.24) is 0 Å². The molecule has 0 aromatic heterocycles. The lowest BCUT2D eigenvalue weighted by atomic mass is 9.44. The maximum Gasteiger partial charge on any atom is 0.312 e. The first-order valence-electron chi connectivity index (χ1n) is 16.0. The SMILES string of the molecule is CO[C@]1(C)C(=O)C(=O)C=C2C1=CC=C1[C@@]2(C)CCC(C)(C)[C@]1(C)CC[C@]1(C)CC[C@](C)(C(=O)OCc2ccccc2)CC1. The summed E-state index contributed by atoms with van der Waals surface area (Å²) in [6.45, 7) is 16.0. The molecule has 5 rings (SSSR count). The summed E-state index contributed by atoms with van der Waals surface area (Å²) in [5, 5.41) is 0. The van der Waals surface area contributed by atoms with E-state index in [1.165, 1.54) is 12.7 Å². The third-order valence-corrected chi connectivity index (χ3v) is 12.6. The Kier molecular flexibility index (Phi) is 7.86. The molecular weight excluding hydrogens is 536 g/mol. The molecule has 5 nitrogen and oxygen atoms in total. The average molecular weight is 587 g/mol. The van der Waals surface area contributed by atoms with Gasteiger partial charge in [0.1, 0.15) is 6.61 Å². The van der Waals surface area contributed by atoms with Crippen LogP contribution in [0.4, 0.5) is 0 Å². The summed E-state index contributed by atoms with van der Waals surface area (Å²) in [5.74, 6) is -1.04. The number of esters is 1. The van der Waals surface area contributed by atoms with Gasteiger partial charge in [-0.1, -0.05) is 82.7 Å². The summed E-state index contributed by atoms with van der Waals surface area (Å²) < 4.78 is 11.5.